The SMILES string of the molecule is COc1ccc(F)c(CCCN(C)C)c1Cl. The van der Waals surface area contributed by atoms with Crippen molar-refractivity contribution in [3.63, 3.8) is 0 Å². The largest absolute Gasteiger partial charge is 0.495 e. The molecule has 0 spiro atoms. The van der Waals surface area contributed by atoms with Gasteiger partial charge in [0.05, 0.1) is 12.1 Å². The zero-order valence-electron chi connectivity index (χ0n) is 9.89. The standard InChI is InChI=1S/C12H17ClFNO/c1-15(2)8-4-5-9-10(14)6-7-11(16-3)12(9)13/h6-7H,4-5,8H2,1-3H3. The van der Waals surface area contributed by atoms with Crippen LogP contribution in [0.25, 0.3) is 0 Å². The van der Waals surface area contributed by atoms with Gasteiger partial charge >= 0.3 is 0 Å². The molecule has 0 bridgehead atoms. The van der Waals surface area contributed by atoms with Crippen molar-refractivity contribution < 1.29 is 9.13 Å². The first-order valence-electron chi connectivity index (χ1n) is 5.22. The summed E-state index contributed by atoms with van der Waals surface area (Å²) < 4.78 is 18.6. The number of nitrogens with zero attached hydrogens (tertiary/aromatic N) is 1. The van der Waals surface area contributed by atoms with Crippen LogP contribution in [0.15, 0.2) is 12.1 Å². The Morgan fingerprint density at radius 3 is 2.62 bits per heavy atom. The van der Waals surface area contributed by atoms with Gasteiger partial charge in [-0.25, -0.2) is 4.39 Å². The van der Waals surface area contributed by atoms with Gasteiger partial charge in [-0.3, -0.25) is 0 Å². The van der Waals surface area contributed by atoms with Gasteiger partial charge in [0.1, 0.15) is 11.6 Å². The van der Waals surface area contributed by atoms with Gasteiger partial charge in [0.2, 0.25) is 0 Å². The molecule has 0 aliphatic heterocycles. The highest BCUT2D eigenvalue weighted by molar-refractivity contribution is 6.32. The zero-order valence-corrected chi connectivity index (χ0v) is 10.6. The van der Waals surface area contributed by atoms with Crippen molar-refractivity contribution in [3.8, 4) is 5.75 Å². The average molecular weight is 246 g/mol. The van der Waals surface area contributed by atoms with Crippen LogP contribution in [0.1, 0.15) is 12.0 Å². The summed E-state index contributed by atoms with van der Waals surface area (Å²) in [5, 5.41) is 0.390. The number of methoxy groups -OCH3 is 1. The van der Waals surface area contributed by atoms with Crippen LogP contribution >= 0.6 is 11.6 Å². The number of benzene rings is 1. The minimum atomic E-state index is -0.260. The molecule has 1 rings (SSSR count). The fourth-order valence-electron chi connectivity index (χ4n) is 1.54. The molecule has 1 aromatic carbocycles. The lowest BCUT2D eigenvalue weighted by Gasteiger charge is -2.12. The Bertz CT molecular complexity index is 355. The van der Waals surface area contributed by atoms with Gasteiger partial charge in [-0.05, 0) is 45.6 Å². The first kappa shape index (κ1) is 13.3. The molecule has 0 unspecified atom stereocenters. The van der Waals surface area contributed by atoms with E-state index < -0.39 is 0 Å². The van der Waals surface area contributed by atoms with E-state index in [0.29, 0.717) is 22.8 Å². The quantitative estimate of drug-likeness (QED) is 0.791. The van der Waals surface area contributed by atoms with Crippen molar-refractivity contribution in [2.75, 3.05) is 27.7 Å². The number of hydrogen-bond donors (Lipinski definition) is 0. The molecule has 1 aromatic rings. The van der Waals surface area contributed by atoms with E-state index in [4.69, 9.17) is 16.3 Å². The first-order valence-corrected chi connectivity index (χ1v) is 5.59. The summed E-state index contributed by atoms with van der Waals surface area (Å²) in [7, 11) is 5.51. The monoisotopic (exact) mass is 245 g/mol. The molecule has 2 nitrogen and oxygen atoms in total. The van der Waals surface area contributed by atoms with Crippen LogP contribution in [0.2, 0.25) is 5.02 Å². The Hall–Kier alpha value is -0.800. The highest BCUT2D eigenvalue weighted by atomic mass is 35.5. The van der Waals surface area contributed by atoms with Gasteiger partial charge in [0.25, 0.3) is 0 Å². The maximum atomic E-state index is 13.5. The Kier molecular flexibility index (Phi) is 5.03. The van der Waals surface area contributed by atoms with Crippen molar-refractivity contribution in [1.29, 1.82) is 0 Å². The van der Waals surface area contributed by atoms with Gasteiger partial charge in [-0.1, -0.05) is 11.6 Å². The van der Waals surface area contributed by atoms with E-state index in [-0.39, 0.29) is 5.82 Å². The molecule has 0 saturated carbocycles. The van der Waals surface area contributed by atoms with Crippen molar-refractivity contribution in [2.24, 2.45) is 0 Å². The molecule has 16 heavy (non-hydrogen) atoms. The molecule has 0 amide bonds. The summed E-state index contributed by atoms with van der Waals surface area (Å²) in [6.07, 6.45) is 1.50. The average Bonchev–Trinajstić information content (AvgIpc) is 2.23. The van der Waals surface area contributed by atoms with E-state index in [0.717, 1.165) is 13.0 Å². The Balaban J connectivity index is 2.77. The molecule has 0 aliphatic rings. The van der Waals surface area contributed by atoms with Crippen molar-refractivity contribution in [1.82, 2.24) is 4.90 Å². The summed E-state index contributed by atoms with van der Waals surface area (Å²) in [5.74, 6) is 0.271. The fourth-order valence-corrected chi connectivity index (χ4v) is 1.86. The smallest absolute Gasteiger partial charge is 0.137 e. The number of halogens is 2. The molecular weight excluding hydrogens is 229 g/mol. The van der Waals surface area contributed by atoms with Crippen LogP contribution in [0, 0.1) is 5.82 Å². The summed E-state index contributed by atoms with van der Waals surface area (Å²) in [4.78, 5) is 2.06. The van der Waals surface area contributed by atoms with E-state index in [1.54, 1.807) is 6.07 Å². The molecule has 90 valence electrons. The van der Waals surface area contributed by atoms with Crippen molar-refractivity contribution in [2.45, 2.75) is 12.8 Å². The number of rotatable bonds is 5. The van der Waals surface area contributed by atoms with E-state index in [1.807, 2.05) is 14.1 Å². The maximum Gasteiger partial charge on any atom is 0.137 e. The van der Waals surface area contributed by atoms with E-state index in [1.165, 1.54) is 13.2 Å². The van der Waals surface area contributed by atoms with Crippen LogP contribution in [-0.2, 0) is 6.42 Å². The third-order valence-corrected chi connectivity index (χ3v) is 2.82. The summed E-state index contributed by atoms with van der Waals surface area (Å²) >= 11 is 6.05. The summed E-state index contributed by atoms with van der Waals surface area (Å²) in [6.45, 7) is 0.910. The highest BCUT2D eigenvalue weighted by Crippen LogP contribution is 2.30. The number of hydrogen-bond acceptors (Lipinski definition) is 2. The van der Waals surface area contributed by atoms with Gasteiger partial charge in [-0.15, -0.1) is 0 Å². The van der Waals surface area contributed by atoms with Gasteiger partial charge in [0.15, 0.2) is 0 Å². The molecule has 0 atom stereocenters. The van der Waals surface area contributed by atoms with Crippen LogP contribution in [0.4, 0.5) is 4.39 Å². The second kappa shape index (κ2) is 6.06. The van der Waals surface area contributed by atoms with Gasteiger partial charge in [-0.2, -0.15) is 0 Å². The zero-order chi connectivity index (χ0) is 12.1. The van der Waals surface area contributed by atoms with Gasteiger partial charge in [0, 0.05) is 5.56 Å². The summed E-state index contributed by atoms with van der Waals surface area (Å²) in [5.41, 5.74) is 0.544. The fraction of sp³-hybridized carbons (Fsp3) is 0.500. The Morgan fingerprint density at radius 2 is 2.06 bits per heavy atom. The molecule has 0 aromatic heterocycles. The third-order valence-electron chi connectivity index (χ3n) is 2.40. The van der Waals surface area contributed by atoms with Crippen LogP contribution < -0.4 is 4.74 Å². The van der Waals surface area contributed by atoms with Crippen molar-refractivity contribution >= 4 is 11.6 Å². The summed E-state index contributed by atoms with van der Waals surface area (Å²) in [6, 6.07) is 2.95. The lowest BCUT2D eigenvalue weighted by molar-refractivity contribution is 0.397. The molecular formula is C12H17ClFNO. The molecule has 0 saturated heterocycles. The van der Waals surface area contributed by atoms with Crippen LogP contribution in [0.3, 0.4) is 0 Å². The second-order valence-electron chi connectivity index (χ2n) is 3.95. The Morgan fingerprint density at radius 1 is 1.38 bits per heavy atom. The minimum absolute atomic E-state index is 0.260. The van der Waals surface area contributed by atoms with Crippen LogP contribution in [0.5, 0.6) is 5.75 Å². The van der Waals surface area contributed by atoms with Crippen molar-refractivity contribution in [3.05, 3.63) is 28.5 Å². The molecule has 0 radical (unpaired) electrons. The second-order valence-corrected chi connectivity index (χ2v) is 4.33. The lowest BCUT2D eigenvalue weighted by Crippen LogP contribution is -2.13. The minimum Gasteiger partial charge on any atom is -0.495 e. The van der Waals surface area contributed by atoms with Crippen LogP contribution in [-0.4, -0.2) is 32.6 Å². The topological polar surface area (TPSA) is 12.5 Å². The van der Waals surface area contributed by atoms with E-state index in [2.05, 4.69) is 4.90 Å². The van der Waals surface area contributed by atoms with E-state index in [9.17, 15) is 4.39 Å². The van der Waals surface area contributed by atoms with Gasteiger partial charge < -0.3 is 9.64 Å². The Labute approximate surface area is 101 Å². The molecule has 4 heteroatoms. The molecule has 0 N–H and O–H groups in total. The first-order chi connectivity index (χ1) is 7.56. The normalized spacial score (nSPS) is 10.9. The lowest BCUT2D eigenvalue weighted by atomic mass is 10.1. The maximum absolute atomic E-state index is 13.5. The van der Waals surface area contributed by atoms with E-state index >= 15 is 0 Å². The molecule has 0 fully saturated rings. The molecule has 0 heterocycles. The third kappa shape index (κ3) is 3.35. The number of ether oxygens (including phenoxy) is 1. The predicted octanol–water partition coefficient (Wildman–Crippen LogP) is 2.98. The molecule has 0 aliphatic carbocycles. The highest BCUT2D eigenvalue weighted by Gasteiger charge is 2.11. The predicted molar refractivity (Wildman–Crippen MR) is 64.8 cm³/mol.